The standard InChI is InChI=1S/C14H21N3O3/c1-4-11-7-13(16-10(2)15-11)17-5-6-20-12(9-17)8-14(18)19-3/h7,12H,4-6,8-9H2,1-3H3. The summed E-state index contributed by atoms with van der Waals surface area (Å²) in [5.41, 5.74) is 1.03. The van der Waals surface area contributed by atoms with E-state index in [1.165, 1.54) is 7.11 Å². The molecule has 1 aliphatic heterocycles. The molecule has 20 heavy (non-hydrogen) atoms. The smallest absolute Gasteiger partial charge is 0.308 e. The third-order valence-electron chi connectivity index (χ3n) is 3.32. The lowest BCUT2D eigenvalue weighted by Gasteiger charge is -2.33. The summed E-state index contributed by atoms with van der Waals surface area (Å²) in [6, 6.07) is 2.01. The van der Waals surface area contributed by atoms with Crippen molar-refractivity contribution < 1.29 is 14.3 Å². The van der Waals surface area contributed by atoms with E-state index in [1.807, 2.05) is 13.0 Å². The van der Waals surface area contributed by atoms with Crippen molar-refractivity contribution >= 4 is 11.8 Å². The molecule has 0 saturated carbocycles. The fourth-order valence-corrected chi connectivity index (χ4v) is 2.28. The van der Waals surface area contributed by atoms with Crippen LogP contribution in [0.4, 0.5) is 5.82 Å². The zero-order valence-corrected chi connectivity index (χ0v) is 12.3. The van der Waals surface area contributed by atoms with Crippen LogP contribution >= 0.6 is 0 Å². The summed E-state index contributed by atoms with van der Waals surface area (Å²) in [5.74, 6) is 1.44. The second-order valence-electron chi connectivity index (χ2n) is 4.84. The van der Waals surface area contributed by atoms with Crippen LogP contribution in [0.15, 0.2) is 6.07 Å². The van der Waals surface area contributed by atoms with Gasteiger partial charge in [0.2, 0.25) is 0 Å². The molecule has 1 aromatic heterocycles. The molecule has 1 fully saturated rings. The Hall–Kier alpha value is -1.69. The van der Waals surface area contributed by atoms with E-state index < -0.39 is 0 Å². The van der Waals surface area contributed by atoms with Gasteiger partial charge in [-0.2, -0.15) is 0 Å². The second-order valence-corrected chi connectivity index (χ2v) is 4.84. The van der Waals surface area contributed by atoms with Gasteiger partial charge in [0, 0.05) is 24.8 Å². The minimum atomic E-state index is -0.245. The first-order chi connectivity index (χ1) is 9.62. The number of methoxy groups -OCH3 is 1. The highest BCUT2D eigenvalue weighted by atomic mass is 16.5. The largest absolute Gasteiger partial charge is 0.469 e. The molecule has 6 heteroatoms. The third kappa shape index (κ3) is 3.66. The summed E-state index contributed by atoms with van der Waals surface area (Å²) in [6.45, 7) is 5.98. The molecule has 0 aliphatic carbocycles. The van der Waals surface area contributed by atoms with Crippen LogP contribution in [0.5, 0.6) is 0 Å². The van der Waals surface area contributed by atoms with Crippen molar-refractivity contribution in [3.63, 3.8) is 0 Å². The van der Waals surface area contributed by atoms with Crippen molar-refractivity contribution in [2.24, 2.45) is 0 Å². The Balaban J connectivity index is 2.08. The minimum Gasteiger partial charge on any atom is -0.469 e. The van der Waals surface area contributed by atoms with Crippen molar-refractivity contribution in [1.29, 1.82) is 0 Å². The van der Waals surface area contributed by atoms with Gasteiger partial charge in [-0.25, -0.2) is 9.97 Å². The molecule has 2 heterocycles. The Labute approximate surface area is 119 Å². The Kier molecular flexibility index (Phi) is 4.89. The monoisotopic (exact) mass is 279 g/mol. The molecule has 1 saturated heterocycles. The van der Waals surface area contributed by atoms with Crippen molar-refractivity contribution in [3.8, 4) is 0 Å². The average molecular weight is 279 g/mol. The van der Waals surface area contributed by atoms with E-state index in [0.717, 1.165) is 30.3 Å². The number of hydrogen-bond acceptors (Lipinski definition) is 6. The molecule has 0 bridgehead atoms. The molecule has 6 nitrogen and oxygen atoms in total. The maximum absolute atomic E-state index is 11.3. The molecule has 1 aliphatic rings. The zero-order chi connectivity index (χ0) is 14.5. The van der Waals surface area contributed by atoms with Gasteiger partial charge in [0.1, 0.15) is 11.6 Å². The van der Waals surface area contributed by atoms with Gasteiger partial charge in [-0.15, -0.1) is 0 Å². The van der Waals surface area contributed by atoms with Crippen LogP contribution in [0.1, 0.15) is 24.9 Å². The van der Waals surface area contributed by atoms with Gasteiger partial charge >= 0.3 is 5.97 Å². The maximum Gasteiger partial charge on any atom is 0.308 e. The van der Waals surface area contributed by atoms with Crippen molar-refractivity contribution in [3.05, 3.63) is 17.6 Å². The van der Waals surface area contributed by atoms with Crippen molar-refractivity contribution in [2.75, 3.05) is 31.7 Å². The SMILES string of the molecule is CCc1cc(N2CCOC(CC(=O)OC)C2)nc(C)n1. The Bertz CT molecular complexity index is 479. The summed E-state index contributed by atoms with van der Waals surface area (Å²) in [6.07, 6.45) is 1.01. The molecule has 0 radical (unpaired) electrons. The predicted molar refractivity (Wildman–Crippen MR) is 74.7 cm³/mol. The molecular formula is C14H21N3O3. The molecule has 0 N–H and O–H groups in total. The first kappa shape index (κ1) is 14.7. The summed E-state index contributed by atoms with van der Waals surface area (Å²) in [7, 11) is 1.39. The molecule has 1 aromatic rings. The van der Waals surface area contributed by atoms with Crippen LogP contribution in [0, 0.1) is 6.92 Å². The molecular weight excluding hydrogens is 258 g/mol. The highest BCUT2D eigenvalue weighted by molar-refractivity contribution is 5.69. The number of morpholine rings is 1. The number of aromatic nitrogens is 2. The lowest BCUT2D eigenvalue weighted by Crippen LogP contribution is -2.44. The average Bonchev–Trinajstić information content (AvgIpc) is 2.46. The Morgan fingerprint density at radius 1 is 1.55 bits per heavy atom. The van der Waals surface area contributed by atoms with Gasteiger partial charge < -0.3 is 14.4 Å². The molecule has 0 spiro atoms. The predicted octanol–water partition coefficient (Wildman–Crippen LogP) is 1.12. The lowest BCUT2D eigenvalue weighted by atomic mass is 10.2. The van der Waals surface area contributed by atoms with Gasteiger partial charge in [0.05, 0.1) is 26.2 Å². The normalized spacial score (nSPS) is 18.9. The number of esters is 1. The second kappa shape index (κ2) is 6.65. The third-order valence-corrected chi connectivity index (χ3v) is 3.32. The Morgan fingerprint density at radius 2 is 2.35 bits per heavy atom. The van der Waals surface area contributed by atoms with Gasteiger partial charge in [0.15, 0.2) is 0 Å². The summed E-state index contributed by atoms with van der Waals surface area (Å²) < 4.78 is 10.3. The van der Waals surface area contributed by atoms with Crippen LogP contribution in [0.3, 0.4) is 0 Å². The van der Waals surface area contributed by atoms with Crippen LogP contribution in [-0.2, 0) is 20.7 Å². The van der Waals surface area contributed by atoms with Gasteiger partial charge in [0.25, 0.3) is 0 Å². The van der Waals surface area contributed by atoms with E-state index >= 15 is 0 Å². The first-order valence-electron chi connectivity index (χ1n) is 6.90. The molecule has 1 atom stereocenters. The van der Waals surface area contributed by atoms with Crippen molar-refractivity contribution in [1.82, 2.24) is 9.97 Å². The lowest BCUT2D eigenvalue weighted by molar-refractivity contribution is -0.144. The number of nitrogens with zero attached hydrogens (tertiary/aromatic N) is 3. The molecule has 1 unspecified atom stereocenters. The number of ether oxygens (including phenoxy) is 2. The fraction of sp³-hybridized carbons (Fsp3) is 0.643. The van der Waals surface area contributed by atoms with Crippen LogP contribution < -0.4 is 4.90 Å². The van der Waals surface area contributed by atoms with E-state index in [2.05, 4.69) is 26.5 Å². The van der Waals surface area contributed by atoms with E-state index in [9.17, 15) is 4.79 Å². The number of hydrogen-bond donors (Lipinski definition) is 0. The summed E-state index contributed by atoms with van der Waals surface area (Å²) in [5, 5.41) is 0. The first-order valence-corrected chi connectivity index (χ1v) is 6.90. The summed E-state index contributed by atoms with van der Waals surface area (Å²) >= 11 is 0. The van der Waals surface area contributed by atoms with E-state index in [4.69, 9.17) is 4.74 Å². The van der Waals surface area contributed by atoms with Crippen molar-refractivity contribution in [2.45, 2.75) is 32.8 Å². The highest BCUT2D eigenvalue weighted by Crippen LogP contribution is 2.18. The van der Waals surface area contributed by atoms with Crippen LogP contribution in [0.25, 0.3) is 0 Å². The quantitative estimate of drug-likeness (QED) is 0.769. The molecule has 2 rings (SSSR count). The molecule has 0 aromatic carbocycles. The number of carbonyl (C=O) groups is 1. The fourth-order valence-electron chi connectivity index (χ4n) is 2.28. The minimum absolute atomic E-state index is 0.142. The van der Waals surface area contributed by atoms with Gasteiger partial charge in [-0.05, 0) is 13.3 Å². The molecule has 0 amide bonds. The topological polar surface area (TPSA) is 64.5 Å². The van der Waals surface area contributed by atoms with Crippen LogP contribution in [0.2, 0.25) is 0 Å². The number of carbonyl (C=O) groups excluding carboxylic acids is 1. The zero-order valence-electron chi connectivity index (χ0n) is 12.3. The van der Waals surface area contributed by atoms with E-state index in [-0.39, 0.29) is 18.5 Å². The number of rotatable bonds is 4. The number of anilines is 1. The van der Waals surface area contributed by atoms with E-state index in [1.54, 1.807) is 0 Å². The molecule has 110 valence electrons. The van der Waals surface area contributed by atoms with Gasteiger partial charge in [-0.3, -0.25) is 4.79 Å². The van der Waals surface area contributed by atoms with Gasteiger partial charge in [-0.1, -0.05) is 6.92 Å². The highest BCUT2D eigenvalue weighted by Gasteiger charge is 2.24. The Morgan fingerprint density at radius 3 is 3.05 bits per heavy atom. The summed E-state index contributed by atoms with van der Waals surface area (Å²) in [4.78, 5) is 22.3. The van der Waals surface area contributed by atoms with Crippen LogP contribution in [-0.4, -0.2) is 48.8 Å². The maximum atomic E-state index is 11.3. The van der Waals surface area contributed by atoms with E-state index in [0.29, 0.717) is 13.2 Å². The number of aryl methyl sites for hydroxylation is 2.